The summed E-state index contributed by atoms with van der Waals surface area (Å²) in [7, 11) is 0. The van der Waals surface area contributed by atoms with Gasteiger partial charge in [0.2, 0.25) is 5.91 Å². The molecule has 0 radical (unpaired) electrons. The minimum absolute atomic E-state index is 0.276. The molecule has 0 spiro atoms. The van der Waals surface area contributed by atoms with Gasteiger partial charge in [-0.2, -0.15) is 11.8 Å². The zero-order valence-corrected chi connectivity index (χ0v) is 17.2. The number of fused-ring (bicyclic) bond motifs is 1. The highest BCUT2D eigenvalue weighted by molar-refractivity contribution is 8.00. The first-order chi connectivity index (χ1) is 12.8. The molecule has 1 aliphatic heterocycles. The van der Waals surface area contributed by atoms with Gasteiger partial charge < -0.3 is 9.64 Å². The maximum absolute atomic E-state index is 13.1. The SMILES string of the molecule is O=C(COC1CCC2CCCC2C1)N(CC1CCCS1)C1CCCCC1. The van der Waals surface area contributed by atoms with Crippen LogP contribution in [0.3, 0.4) is 0 Å². The molecule has 0 aromatic carbocycles. The molecule has 4 rings (SSSR count). The average Bonchev–Trinajstić information content (AvgIpc) is 3.36. The van der Waals surface area contributed by atoms with Crippen LogP contribution in [0.4, 0.5) is 0 Å². The first-order valence-electron chi connectivity index (χ1n) is 11.3. The zero-order valence-electron chi connectivity index (χ0n) is 16.4. The summed E-state index contributed by atoms with van der Waals surface area (Å²) in [6.07, 6.45) is 17.2. The number of ether oxygens (including phenoxy) is 1. The number of hydrogen-bond donors (Lipinski definition) is 0. The monoisotopic (exact) mass is 379 g/mol. The minimum atomic E-state index is 0.276. The Balaban J connectivity index is 1.29. The summed E-state index contributed by atoms with van der Waals surface area (Å²) in [6.45, 7) is 1.29. The fourth-order valence-corrected chi connectivity index (χ4v) is 7.20. The van der Waals surface area contributed by atoms with Crippen molar-refractivity contribution in [2.45, 2.75) is 101 Å². The van der Waals surface area contributed by atoms with Crippen molar-refractivity contribution in [3.63, 3.8) is 0 Å². The lowest BCUT2D eigenvalue weighted by molar-refractivity contribution is -0.142. The highest BCUT2D eigenvalue weighted by atomic mass is 32.2. The van der Waals surface area contributed by atoms with Crippen LogP contribution in [0.5, 0.6) is 0 Å². The Kier molecular flexibility index (Phi) is 6.85. The van der Waals surface area contributed by atoms with Gasteiger partial charge in [0.15, 0.2) is 0 Å². The molecule has 0 N–H and O–H groups in total. The van der Waals surface area contributed by atoms with E-state index in [0.29, 0.717) is 24.0 Å². The molecule has 1 saturated heterocycles. The van der Waals surface area contributed by atoms with Crippen LogP contribution >= 0.6 is 11.8 Å². The molecule has 4 aliphatic rings. The normalized spacial score (nSPS) is 35.4. The molecule has 0 aromatic rings. The van der Waals surface area contributed by atoms with Crippen molar-refractivity contribution < 1.29 is 9.53 Å². The summed E-state index contributed by atoms with van der Waals surface area (Å²) >= 11 is 2.07. The molecule has 148 valence electrons. The van der Waals surface area contributed by atoms with Gasteiger partial charge in [-0.15, -0.1) is 0 Å². The summed E-state index contributed by atoms with van der Waals surface area (Å²) in [4.78, 5) is 15.3. The zero-order chi connectivity index (χ0) is 17.8. The smallest absolute Gasteiger partial charge is 0.248 e. The molecule has 1 heterocycles. The van der Waals surface area contributed by atoms with Gasteiger partial charge in [-0.25, -0.2) is 0 Å². The minimum Gasteiger partial charge on any atom is -0.368 e. The van der Waals surface area contributed by atoms with E-state index in [4.69, 9.17) is 4.74 Å². The van der Waals surface area contributed by atoms with Crippen LogP contribution in [0.25, 0.3) is 0 Å². The lowest BCUT2D eigenvalue weighted by Gasteiger charge is -2.37. The van der Waals surface area contributed by atoms with E-state index in [1.807, 2.05) is 0 Å². The van der Waals surface area contributed by atoms with Crippen molar-refractivity contribution in [2.75, 3.05) is 18.9 Å². The molecule has 4 fully saturated rings. The van der Waals surface area contributed by atoms with Crippen LogP contribution < -0.4 is 0 Å². The Hall–Kier alpha value is -0.220. The van der Waals surface area contributed by atoms with Gasteiger partial charge in [0.05, 0.1) is 6.10 Å². The first kappa shape index (κ1) is 19.1. The topological polar surface area (TPSA) is 29.5 Å². The van der Waals surface area contributed by atoms with Gasteiger partial charge in [0.1, 0.15) is 6.61 Å². The van der Waals surface area contributed by atoms with Crippen molar-refractivity contribution in [2.24, 2.45) is 11.8 Å². The van der Waals surface area contributed by atoms with Crippen LogP contribution in [0.2, 0.25) is 0 Å². The number of nitrogens with zero attached hydrogens (tertiary/aromatic N) is 1. The standard InChI is InChI=1S/C22H37NO2S/c24-22(16-25-20-12-11-17-6-4-7-18(17)14-20)23(15-21-10-5-13-26-21)19-8-2-1-3-9-19/h17-21H,1-16H2. The van der Waals surface area contributed by atoms with Crippen molar-refractivity contribution in [1.29, 1.82) is 0 Å². The quantitative estimate of drug-likeness (QED) is 0.648. The Morgan fingerprint density at radius 3 is 2.54 bits per heavy atom. The van der Waals surface area contributed by atoms with E-state index in [1.165, 1.54) is 89.2 Å². The maximum Gasteiger partial charge on any atom is 0.248 e. The van der Waals surface area contributed by atoms with Crippen LogP contribution in [-0.2, 0) is 9.53 Å². The van der Waals surface area contributed by atoms with E-state index in [0.717, 1.165) is 18.4 Å². The first-order valence-corrected chi connectivity index (χ1v) is 12.4. The van der Waals surface area contributed by atoms with E-state index < -0.39 is 0 Å². The second-order valence-corrected chi connectivity index (χ2v) is 10.6. The summed E-state index contributed by atoms with van der Waals surface area (Å²) in [5.74, 6) is 3.40. The maximum atomic E-state index is 13.1. The molecule has 4 heteroatoms. The third-order valence-electron chi connectivity index (χ3n) is 7.44. The Bertz CT molecular complexity index is 459. The van der Waals surface area contributed by atoms with E-state index in [9.17, 15) is 4.79 Å². The predicted molar refractivity (Wildman–Crippen MR) is 108 cm³/mol. The summed E-state index contributed by atoms with van der Waals surface area (Å²) < 4.78 is 6.19. The van der Waals surface area contributed by atoms with E-state index >= 15 is 0 Å². The van der Waals surface area contributed by atoms with Gasteiger partial charge in [-0.05, 0) is 62.5 Å². The number of hydrogen-bond acceptors (Lipinski definition) is 3. The summed E-state index contributed by atoms with van der Waals surface area (Å²) in [5.41, 5.74) is 0. The number of amides is 1. The molecule has 3 aliphatic carbocycles. The fraction of sp³-hybridized carbons (Fsp3) is 0.955. The largest absolute Gasteiger partial charge is 0.368 e. The lowest BCUT2D eigenvalue weighted by atomic mass is 9.80. The van der Waals surface area contributed by atoms with Crippen LogP contribution in [0.1, 0.15) is 83.5 Å². The van der Waals surface area contributed by atoms with Gasteiger partial charge >= 0.3 is 0 Å². The van der Waals surface area contributed by atoms with Crippen LogP contribution in [0.15, 0.2) is 0 Å². The lowest BCUT2D eigenvalue weighted by Crippen LogP contribution is -2.46. The molecule has 0 bridgehead atoms. The highest BCUT2D eigenvalue weighted by Gasteiger charge is 2.35. The average molecular weight is 380 g/mol. The van der Waals surface area contributed by atoms with Gasteiger partial charge in [0, 0.05) is 17.8 Å². The Morgan fingerprint density at radius 2 is 1.73 bits per heavy atom. The molecule has 0 aromatic heterocycles. The number of carbonyl (C=O) groups excluding carboxylic acids is 1. The van der Waals surface area contributed by atoms with E-state index in [1.54, 1.807) is 0 Å². The van der Waals surface area contributed by atoms with Crippen molar-refractivity contribution in [3.8, 4) is 0 Å². The second kappa shape index (κ2) is 9.32. The highest BCUT2D eigenvalue weighted by Crippen LogP contribution is 2.42. The fourth-order valence-electron chi connectivity index (χ4n) is 5.94. The van der Waals surface area contributed by atoms with Crippen molar-refractivity contribution >= 4 is 17.7 Å². The third-order valence-corrected chi connectivity index (χ3v) is 8.82. The number of thioether (sulfide) groups is 1. The molecule has 3 saturated carbocycles. The number of carbonyl (C=O) groups is 1. The molecule has 4 atom stereocenters. The van der Waals surface area contributed by atoms with Crippen molar-refractivity contribution in [3.05, 3.63) is 0 Å². The Morgan fingerprint density at radius 1 is 0.885 bits per heavy atom. The third kappa shape index (κ3) is 4.79. The second-order valence-electron chi connectivity index (χ2n) is 9.17. The van der Waals surface area contributed by atoms with Crippen molar-refractivity contribution in [1.82, 2.24) is 4.90 Å². The predicted octanol–water partition coefficient (Wildman–Crippen LogP) is 5.03. The van der Waals surface area contributed by atoms with Gasteiger partial charge in [-0.1, -0.05) is 38.5 Å². The molecular formula is C22H37NO2S. The van der Waals surface area contributed by atoms with E-state index in [2.05, 4.69) is 16.7 Å². The molecule has 1 amide bonds. The molecular weight excluding hydrogens is 342 g/mol. The van der Waals surface area contributed by atoms with Crippen LogP contribution in [0, 0.1) is 11.8 Å². The molecule has 3 nitrogen and oxygen atoms in total. The van der Waals surface area contributed by atoms with Gasteiger partial charge in [-0.3, -0.25) is 4.79 Å². The Labute approximate surface area is 164 Å². The summed E-state index contributed by atoms with van der Waals surface area (Å²) in [6, 6.07) is 0.478. The molecule has 4 unspecified atom stereocenters. The van der Waals surface area contributed by atoms with E-state index in [-0.39, 0.29) is 5.91 Å². The van der Waals surface area contributed by atoms with Gasteiger partial charge in [0.25, 0.3) is 0 Å². The summed E-state index contributed by atoms with van der Waals surface area (Å²) in [5, 5.41) is 0.662. The van der Waals surface area contributed by atoms with Crippen LogP contribution in [-0.4, -0.2) is 47.1 Å². The number of rotatable bonds is 6. The molecule has 26 heavy (non-hydrogen) atoms.